The van der Waals surface area contributed by atoms with E-state index in [2.05, 4.69) is 25.7 Å². The van der Waals surface area contributed by atoms with Crippen molar-refractivity contribution in [2.24, 2.45) is 11.3 Å². The van der Waals surface area contributed by atoms with E-state index in [9.17, 15) is 9.59 Å². The molecule has 3 atom stereocenters. The van der Waals surface area contributed by atoms with Crippen LogP contribution in [0.1, 0.15) is 51.0 Å². The van der Waals surface area contributed by atoms with E-state index in [0.717, 1.165) is 18.5 Å². The quantitative estimate of drug-likeness (QED) is 0.623. The summed E-state index contributed by atoms with van der Waals surface area (Å²) < 4.78 is 11.2. The van der Waals surface area contributed by atoms with E-state index in [0.29, 0.717) is 46.3 Å². The molecule has 0 amide bonds. The van der Waals surface area contributed by atoms with Gasteiger partial charge < -0.3 is 14.8 Å². The van der Waals surface area contributed by atoms with Gasteiger partial charge in [0, 0.05) is 46.0 Å². The molecule has 1 aromatic rings. The fourth-order valence-corrected chi connectivity index (χ4v) is 5.38. The SMILES string of the molecule is C=C1NC2=C(C(=O)CC(C)(C)C2)C(c2ccc(Cl)cc2Cl)C1C(=O)OCC1CCCO1. The molecule has 3 aliphatic rings. The van der Waals surface area contributed by atoms with Crippen molar-refractivity contribution in [3.05, 3.63) is 57.4 Å². The summed E-state index contributed by atoms with van der Waals surface area (Å²) in [6.07, 6.45) is 2.83. The fraction of sp³-hybridized carbons (Fsp3) is 0.500. The Morgan fingerprint density at radius 3 is 2.77 bits per heavy atom. The summed E-state index contributed by atoms with van der Waals surface area (Å²) in [5.74, 6) is -1.77. The first-order chi connectivity index (χ1) is 14.7. The number of nitrogens with one attached hydrogen (secondary N) is 1. The molecule has 2 heterocycles. The third-order valence-corrected chi connectivity index (χ3v) is 6.80. The van der Waals surface area contributed by atoms with Gasteiger partial charge in [0.15, 0.2) is 5.78 Å². The van der Waals surface area contributed by atoms with Gasteiger partial charge in [-0.05, 0) is 42.4 Å². The molecular formula is C24H27Cl2NO4. The van der Waals surface area contributed by atoms with Crippen LogP contribution in [0, 0.1) is 11.3 Å². The first kappa shape index (κ1) is 22.4. The maximum absolute atomic E-state index is 13.3. The summed E-state index contributed by atoms with van der Waals surface area (Å²) in [6.45, 7) is 9.12. The smallest absolute Gasteiger partial charge is 0.315 e. The lowest BCUT2D eigenvalue weighted by atomic mass is 9.66. The molecule has 4 rings (SSSR count). The molecule has 166 valence electrons. The Balaban J connectivity index is 1.74. The van der Waals surface area contributed by atoms with Crippen molar-refractivity contribution in [3.63, 3.8) is 0 Å². The van der Waals surface area contributed by atoms with Crippen LogP contribution in [-0.2, 0) is 19.1 Å². The zero-order valence-electron chi connectivity index (χ0n) is 17.8. The molecule has 0 spiro atoms. The van der Waals surface area contributed by atoms with Crippen molar-refractivity contribution in [1.82, 2.24) is 5.32 Å². The van der Waals surface area contributed by atoms with Crippen molar-refractivity contribution in [3.8, 4) is 0 Å². The highest BCUT2D eigenvalue weighted by Crippen LogP contribution is 2.49. The van der Waals surface area contributed by atoms with Crippen LogP contribution in [0.5, 0.6) is 0 Å². The maximum atomic E-state index is 13.3. The van der Waals surface area contributed by atoms with Crippen LogP contribution in [0.2, 0.25) is 10.0 Å². The molecular weight excluding hydrogens is 437 g/mol. The van der Waals surface area contributed by atoms with Gasteiger partial charge in [-0.2, -0.15) is 0 Å². The van der Waals surface area contributed by atoms with Crippen LogP contribution >= 0.6 is 23.2 Å². The molecule has 0 aromatic heterocycles. The number of esters is 1. The second-order valence-electron chi connectivity index (χ2n) is 9.37. The Bertz CT molecular complexity index is 962. The molecule has 31 heavy (non-hydrogen) atoms. The fourth-order valence-electron chi connectivity index (χ4n) is 4.85. The Kier molecular flexibility index (Phi) is 6.21. The van der Waals surface area contributed by atoms with Gasteiger partial charge in [-0.3, -0.25) is 9.59 Å². The first-order valence-corrected chi connectivity index (χ1v) is 11.4. The van der Waals surface area contributed by atoms with Gasteiger partial charge in [0.05, 0.1) is 6.10 Å². The largest absolute Gasteiger partial charge is 0.462 e. The lowest BCUT2D eigenvalue weighted by Gasteiger charge is -2.42. The van der Waals surface area contributed by atoms with Crippen molar-refractivity contribution in [1.29, 1.82) is 0 Å². The van der Waals surface area contributed by atoms with Gasteiger partial charge in [-0.25, -0.2) is 0 Å². The lowest BCUT2D eigenvalue weighted by molar-refractivity contribution is -0.151. The molecule has 2 aliphatic heterocycles. The van der Waals surface area contributed by atoms with E-state index in [1.807, 2.05) is 0 Å². The number of ketones is 1. The number of carbonyl (C=O) groups is 2. The Morgan fingerprint density at radius 2 is 2.10 bits per heavy atom. The van der Waals surface area contributed by atoms with Gasteiger partial charge in [0.1, 0.15) is 12.5 Å². The summed E-state index contributed by atoms with van der Waals surface area (Å²) in [6, 6.07) is 5.14. The molecule has 0 saturated carbocycles. The monoisotopic (exact) mass is 463 g/mol. The average molecular weight is 464 g/mol. The lowest BCUT2D eigenvalue weighted by Crippen LogP contribution is -2.44. The molecule has 1 aliphatic carbocycles. The molecule has 1 saturated heterocycles. The van der Waals surface area contributed by atoms with Crippen LogP contribution in [-0.4, -0.2) is 31.1 Å². The number of ether oxygens (including phenoxy) is 2. The molecule has 5 nitrogen and oxygen atoms in total. The molecule has 1 N–H and O–H groups in total. The molecule has 1 aromatic carbocycles. The van der Waals surface area contributed by atoms with Gasteiger partial charge in [0.25, 0.3) is 0 Å². The number of hydrogen-bond acceptors (Lipinski definition) is 5. The van der Waals surface area contributed by atoms with Gasteiger partial charge >= 0.3 is 5.97 Å². The van der Waals surface area contributed by atoms with E-state index in [4.69, 9.17) is 32.7 Å². The van der Waals surface area contributed by atoms with Crippen LogP contribution in [0.15, 0.2) is 41.7 Å². The number of halogens is 2. The summed E-state index contributed by atoms with van der Waals surface area (Å²) in [7, 11) is 0. The summed E-state index contributed by atoms with van der Waals surface area (Å²) in [5, 5.41) is 4.16. The van der Waals surface area contributed by atoms with E-state index >= 15 is 0 Å². The number of hydrogen-bond donors (Lipinski definition) is 1. The van der Waals surface area contributed by atoms with Gasteiger partial charge in [0.2, 0.25) is 0 Å². The van der Waals surface area contributed by atoms with Crippen molar-refractivity contribution in [2.45, 2.75) is 51.6 Å². The Hall–Kier alpha value is -1.82. The predicted octanol–water partition coefficient (Wildman–Crippen LogP) is 5.18. The summed E-state index contributed by atoms with van der Waals surface area (Å²) in [4.78, 5) is 26.5. The topological polar surface area (TPSA) is 64.6 Å². The van der Waals surface area contributed by atoms with Crippen LogP contribution in [0.4, 0.5) is 0 Å². The molecule has 1 fully saturated rings. The third kappa shape index (κ3) is 4.55. The van der Waals surface area contributed by atoms with Crippen molar-refractivity contribution < 1.29 is 19.1 Å². The Labute approximate surface area is 192 Å². The normalized spacial score (nSPS) is 27.7. The second kappa shape index (κ2) is 8.61. The number of carbonyl (C=O) groups excluding carboxylic acids is 2. The highest BCUT2D eigenvalue weighted by atomic mass is 35.5. The number of benzene rings is 1. The van der Waals surface area contributed by atoms with Crippen LogP contribution < -0.4 is 5.32 Å². The number of Topliss-reactive ketones (excluding diaryl/α,β-unsaturated/α-hetero) is 1. The van der Waals surface area contributed by atoms with E-state index in [1.54, 1.807) is 18.2 Å². The molecule has 3 unspecified atom stereocenters. The highest BCUT2D eigenvalue weighted by Gasteiger charge is 2.47. The minimum atomic E-state index is -0.774. The van der Waals surface area contributed by atoms with E-state index in [1.165, 1.54) is 0 Å². The molecule has 7 heteroatoms. The van der Waals surface area contributed by atoms with Gasteiger partial charge in [-0.15, -0.1) is 0 Å². The van der Waals surface area contributed by atoms with Crippen LogP contribution in [0.25, 0.3) is 0 Å². The summed E-state index contributed by atoms with van der Waals surface area (Å²) in [5.41, 5.74) is 2.41. The number of allylic oxidation sites excluding steroid dienone is 2. The molecule has 0 bridgehead atoms. The van der Waals surface area contributed by atoms with Gasteiger partial charge in [-0.1, -0.05) is 49.7 Å². The molecule has 0 radical (unpaired) electrons. The van der Waals surface area contributed by atoms with E-state index in [-0.39, 0.29) is 23.9 Å². The van der Waals surface area contributed by atoms with Crippen molar-refractivity contribution >= 4 is 35.0 Å². The average Bonchev–Trinajstić information content (AvgIpc) is 3.17. The van der Waals surface area contributed by atoms with Crippen LogP contribution in [0.3, 0.4) is 0 Å². The minimum absolute atomic E-state index is 0.0131. The highest BCUT2D eigenvalue weighted by molar-refractivity contribution is 6.35. The van der Waals surface area contributed by atoms with E-state index < -0.39 is 17.8 Å². The Morgan fingerprint density at radius 1 is 1.32 bits per heavy atom. The standard InChI is InChI=1S/C24H27Cl2NO4/c1-13-20(23(29)31-12-15-5-4-8-30-15)21(16-7-6-14(25)9-17(16)26)22-18(27-13)10-24(2,3)11-19(22)28/h6-7,9,15,20-21,27H,1,4-5,8,10-12H2,2-3H3. The second-order valence-corrected chi connectivity index (χ2v) is 10.2. The first-order valence-electron chi connectivity index (χ1n) is 10.6. The third-order valence-electron chi connectivity index (χ3n) is 6.24. The zero-order chi connectivity index (χ0) is 22.3. The number of rotatable bonds is 4. The summed E-state index contributed by atoms with van der Waals surface area (Å²) >= 11 is 12.7. The van der Waals surface area contributed by atoms with Crippen molar-refractivity contribution in [2.75, 3.05) is 13.2 Å². The predicted molar refractivity (Wildman–Crippen MR) is 120 cm³/mol. The zero-order valence-corrected chi connectivity index (χ0v) is 19.3. The minimum Gasteiger partial charge on any atom is -0.462 e. The maximum Gasteiger partial charge on any atom is 0.315 e.